The van der Waals surface area contributed by atoms with Crippen LogP contribution in [0.5, 0.6) is 0 Å². The van der Waals surface area contributed by atoms with Gasteiger partial charge in [-0.3, -0.25) is 0 Å². The van der Waals surface area contributed by atoms with E-state index in [0.29, 0.717) is 0 Å². The van der Waals surface area contributed by atoms with E-state index in [2.05, 4.69) is 53.7 Å². The largest absolute Gasteiger partial charge is 0.0990 e. The molecule has 0 atom stereocenters. The van der Waals surface area contributed by atoms with Crippen LogP contribution in [0.1, 0.15) is 51.0 Å². The van der Waals surface area contributed by atoms with Crippen LogP contribution in [0.2, 0.25) is 0 Å². The summed E-state index contributed by atoms with van der Waals surface area (Å²) >= 11 is 3.52. The van der Waals surface area contributed by atoms with Gasteiger partial charge in [-0.1, -0.05) is 66.4 Å². The summed E-state index contributed by atoms with van der Waals surface area (Å²) < 4.78 is 1.16. The van der Waals surface area contributed by atoms with Crippen LogP contribution in [0, 0.1) is 0 Å². The van der Waals surface area contributed by atoms with Crippen LogP contribution >= 0.6 is 15.9 Å². The molecule has 0 N–H and O–H groups in total. The molecule has 1 aromatic rings. The minimum atomic E-state index is 0.258. The molecule has 0 spiro atoms. The molecule has 0 aliphatic heterocycles. The van der Waals surface area contributed by atoms with Crippen LogP contribution in [0.4, 0.5) is 0 Å². The summed E-state index contributed by atoms with van der Waals surface area (Å²) in [6.07, 6.45) is 7.72. The van der Waals surface area contributed by atoms with E-state index in [1.165, 1.54) is 43.2 Å². The van der Waals surface area contributed by atoms with Crippen LogP contribution in [0.25, 0.3) is 0 Å². The Bertz CT molecular complexity index is 382. The van der Waals surface area contributed by atoms with Gasteiger partial charge in [0.25, 0.3) is 0 Å². The summed E-state index contributed by atoms with van der Waals surface area (Å²) in [6, 6.07) is 8.87. The number of benzene rings is 1. The Morgan fingerprint density at radius 3 is 2.29 bits per heavy atom. The second-order valence-corrected chi connectivity index (χ2v) is 6.02. The molecule has 1 aromatic carbocycles. The van der Waals surface area contributed by atoms with E-state index < -0.39 is 0 Å². The van der Waals surface area contributed by atoms with Crippen LogP contribution in [0.15, 0.2) is 40.9 Å². The van der Waals surface area contributed by atoms with Crippen LogP contribution < -0.4 is 0 Å². The summed E-state index contributed by atoms with van der Waals surface area (Å²) in [4.78, 5) is 0. The molecule has 1 fully saturated rings. The third kappa shape index (κ3) is 2.49. The molecule has 0 bridgehead atoms. The van der Waals surface area contributed by atoms with Gasteiger partial charge in [0.05, 0.1) is 0 Å². The molecule has 2 rings (SSSR count). The number of hydrogen-bond donors (Lipinski definition) is 0. The van der Waals surface area contributed by atoms with Gasteiger partial charge in [0.15, 0.2) is 0 Å². The van der Waals surface area contributed by atoms with Crippen molar-refractivity contribution >= 4 is 15.9 Å². The third-order valence-electron chi connectivity index (χ3n) is 4.21. The lowest BCUT2D eigenvalue weighted by molar-refractivity contribution is 0.334. The monoisotopic (exact) mass is 292 g/mol. The average molecular weight is 293 g/mol. The Labute approximate surface area is 113 Å². The molecular weight excluding hydrogens is 272 g/mol. The summed E-state index contributed by atoms with van der Waals surface area (Å²) in [7, 11) is 0. The minimum absolute atomic E-state index is 0.258. The van der Waals surface area contributed by atoms with Gasteiger partial charge in [-0.15, -0.1) is 0 Å². The van der Waals surface area contributed by atoms with Crippen molar-refractivity contribution in [3.05, 3.63) is 46.5 Å². The maximum absolute atomic E-state index is 4.36. The van der Waals surface area contributed by atoms with Gasteiger partial charge in [0, 0.05) is 9.89 Å². The highest BCUT2D eigenvalue weighted by Gasteiger charge is 2.35. The van der Waals surface area contributed by atoms with Crippen molar-refractivity contribution in [2.24, 2.45) is 0 Å². The summed E-state index contributed by atoms with van der Waals surface area (Å²) in [5.41, 5.74) is 3.14. The molecule has 92 valence electrons. The zero-order chi connectivity index (χ0) is 12.3. The third-order valence-corrected chi connectivity index (χ3v) is 4.74. The van der Waals surface area contributed by atoms with E-state index in [0.717, 1.165) is 10.9 Å². The second-order valence-electron chi connectivity index (χ2n) is 5.11. The van der Waals surface area contributed by atoms with Crippen molar-refractivity contribution in [2.75, 3.05) is 0 Å². The molecule has 1 aliphatic carbocycles. The van der Waals surface area contributed by atoms with E-state index >= 15 is 0 Å². The standard InChI is InChI=1S/C16H21Br/c1-3-13(2)16(11-5-4-6-12-16)14-7-9-15(17)10-8-14/h7-10H,2-6,11-12H2,1H3. The lowest BCUT2D eigenvalue weighted by atomic mass is 9.65. The highest BCUT2D eigenvalue weighted by Crippen LogP contribution is 2.45. The SMILES string of the molecule is C=C(CC)C1(c2ccc(Br)cc2)CCCCC1. The van der Waals surface area contributed by atoms with Gasteiger partial charge in [0.2, 0.25) is 0 Å². The smallest absolute Gasteiger partial charge is 0.0175 e. The molecule has 0 radical (unpaired) electrons. The average Bonchev–Trinajstić information content (AvgIpc) is 2.39. The Morgan fingerprint density at radius 2 is 1.76 bits per heavy atom. The van der Waals surface area contributed by atoms with E-state index in [-0.39, 0.29) is 5.41 Å². The highest BCUT2D eigenvalue weighted by molar-refractivity contribution is 9.10. The number of allylic oxidation sites excluding steroid dienone is 1. The Morgan fingerprint density at radius 1 is 1.18 bits per heavy atom. The van der Waals surface area contributed by atoms with Crippen molar-refractivity contribution in [3.63, 3.8) is 0 Å². The van der Waals surface area contributed by atoms with Crippen molar-refractivity contribution in [1.29, 1.82) is 0 Å². The van der Waals surface area contributed by atoms with Gasteiger partial charge in [-0.05, 0) is 37.0 Å². The number of halogens is 1. The first-order valence-corrected chi connectivity index (χ1v) is 7.42. The zero-order valence-electron chi connectivity index (χ0n) is 10.6. The first kappa shape index (κ1) is 12.9. The van der Waals surface area contributed by atoms with E-state index in [9.17, 15) is 0 Å². The van der Waals surface area contributed by atoms with Crippen molar-refractivity contribution in [1.82, 2.24) is 0 Å². The zero-order valence-corrected chi connectivity index (χ0v) is 12.2. The van der Waals surface area contributed by atoms with E-state index in [4.69, 9.17) is 0 Å². The molecule has 17 heavy (non-hydrogen) atoms. The quantitative estimate of drug-likeness (QED) is 0.635. The molecule has 0 unspecified atom stereocenters. The lowest BCUT2D eigenvalue weighted by Crippen LogP contribution is -2.30. The topological polar surface area (TPSA) is 0 Å². The van der Waals surface area contributed by atoms with Gasteiger partial charge in [-0.25, -0.2) is 0 Å². The minimum Gasteiger partial charge on any atom is -0.0990 e. The predicted octanol–water partition coefficient (Wildman–Crippen LogP) is 5.62. The Balaban J connectivity index is 2.38. The van der Waals surface area contributed by atoms with Crippen molar-refractivity contribution in [2.45, 2.75) is 50.9 Å². The van der Waals surface area contributed by atoms with Gasteiger partial charge >= 0.3 is 0 Å². The summed E-state index contributed by atoms with van der Waals surface area (Å²) in [5, 5.41) is 0. The van der Waals surface area contributed by atoms with Gasteiger partial charge in [-0.2, -0.15) is 0 Å². The molecule has 1 aliphatic rings. The van der Waals surface area contributed by atoms with Gasteiger partial charge in [0.1, 0.15) is 0 Å². The van der Waals surface area contributed by atoms with E-state index in [1.54, 1.807) is 0 Å². The second kappa shape index (κ2) is 5.39. The maximum Gasteiger partial charge on any atom is 0.0175 e. The first-order chi connectivity index (χ1) is 8.19. The van der Waals surface area contributed by atoms with Crippen molar-refractivity contribution in [3.8, 4) is 0 Å². The molecule has 1 heteroatoms. The van der Waals surface area contributed by atoms with Crippen LogP contribution in [-0.4, -0.2) is 0 Å². The molecular formula is C16H21Br. The fourth-order valence-corrected chi connectivity index (χ4v) is 3.37. The fraction of sp³-hybridized carbons (Fsp3) is 0.500. The summed E-state index contributed by atoms with van der Waals surface area (Å²) in [6.45, 7) is 6.59. The Hall–Kier alpha value is -0.560. The molecule has 0 aromatic heterocycles. The van der Waals surface area contributed by atoms with Gasteiger partial charge < -0.3 is 0 Å². The van der Waals surface area contributed by atoms with E-state index in [1.807, 2.05) is 0 Å². The summed E-state index contributed by atoms with van der Waals surface area (Å²) in [5.74, 6) is 0. The van der Waals surface area contributed by atoms with Crippen LogP contribution in [-0.2, 0) is 5.41 Å². The van der Waals surface area contributed by atoms with Crippen molar-refractivity contribution < 1.29 is 0 Å². The Kier molecular flexibility index (Phi) is 4.09. The molecule has 0 nitrogen and oxygen atoms in total. The maximum atomic E-state index is 4.36. The first-order valence-electron chi connectivity index (χ1n) is 6.63. The molecule has 1 saturated carbocycles. The predicted molar refractivity (Wildman–Crippen MR) is 78.3 cm³/mol. The molecule has 0 heterocycles. The number of hydrogen-bond acceptors (Lipinski definition) is 0. The van der Waals surface area contributed by atoms with Crippen LogP contribution in [0.3, 0.4) is 0 Å². The lowest BCUT2D eigenvalue weighted by Gasteiger charge is -2.39. The molecule has 0 amide bonds. The molecule has 0 saturated heterocycles. The fourth-order valence-electron chi connectivity index (χ4n) is 3.11. The highest BCUT2D eigenvalue weighted by atomic mass is 79.9. The number of rotatable bonds is 3. The normalized spacial score (nSPS) is 18.9.